The fraction of sp³-hybridized carbons (Fsp3) is 1.00. The lowest BCUT2D eigenvalue weighted by Crippen LogP contribution is -2.57. The Bertz CT molecular complexity index is 451. The van der Waals surface area contributed by atoms with E-state index in [-0.39, 0.29) is 4.99 Å². The van der Waals surface area contributed by atoms with Gasteiger partial charge in [-0.2, -0.15) is 0 Å². The van der Waals surface area contributed by atoms with Gasteiger partial charge in [-0.1, -0.05) is 20.8 Å². The second-order valence-electron chi connectivity index (χ2n) is 7.55. The summed E-state index contributed by atoms with van der Waals surface area (Å²) in [5, 5.41) is 3.91. The molecular formula is C22H52N2O6SSi2. The van der Waals surface area contributed by atoms with Crippen molar-refractivity contribution >= 4 is 29.4 Å². The van der Waals surface area contributed by atoms with Crippen LogP contribution in [0.2, 0.25) is 12.1 Å². The average Bonchev–Trinajstić information content (AvgIpc) is 2.81. The minimum absolute atomic E-state index is 0.152. The first-order valence-corrected chi connectivity index (χ1v) is 17.4. The lowest BCUT2D eigenvalue weighted by Gasteiger charge is -2.44. The molecule has 0 fully saturated rings. The van der Waals surface area contributed by atoms with Crippen LogP contribution in [0.1, 0.15) is 60.8 Å². The first-order valence-electron chi connectivity index (χ1n) is 12.6. The van der Waals surface area contributed by atoms with Crippen LogP contribution in [0.4, 0.5) is 0 Å². The third kappa shape index (κ3) is 10.9. The van der Waals surface area contributed by atoms with Crippen LogP contribution in [-0.2, 0) is 26.6 Å². The van der Waals surface area contributed by atoms with Crippen molar-refractivity contribution < 1.29 is 26.6 Å². The summed E-state index contributed by atoms with van der Waals surface area (Å²) in [6.45, 7) is 17.3. The van der Waals surface area contributed by atoms with E-state index >= 15 is 0 Å². The van der Waals surface area contributed by atoms with Gasteiger partial charge in [-0.15, -0.1) is 11.8 Å². The number of hydrogen-bond donors (Lipinski definition) is 1. The highest BCUT2D eigenvalue weighted by Crippen LogP contribution is 2.34. The summed E-state index contributed by atoms with van der Waals surface area (Å²) in [4.78, 5) is 2.37. The summed E-state index contributed by atoms with van der Waals surface area (Å²) in [5.41, 5.74) is 0. The van der Waals surface area contributed by atoms with E-state index in [0.29, 0.717) is 19.8 Å². The Morgan fingerprint density at radius 1 is 0.727 bits per heavy atom. The number of hydrogen-bond acceptors (Lipinski definition) is 9. The number of nitrogens with zero attached hydrogens (tertiary/aromatic N) is 1. The van der Waals surface area contributed by atoms with Crippen molar-refractivity contribution in [1.82, 2.24) is 10.2 Å². The van der Waals surface area contributed by atoms with Gasteiger partial charge in [0, 0.05) is 53.2 Å². The molecule has 11 heteroatoms. The Labute approximate surface area is 210 Å². The SMILES string of the molecule is CCO[Si](CCCNC(CCC[Si](OC)(OC)OC)(SCC)N(CC)CC)(OCC)OCC. The van der Waals surface area contributed by atoms with E-state index in [1.165, 1.54) is 0 Å². The smallest absolute Gasteiger partial charge is 0.377 e. The Balaban J connectivity index is 5.37. The molecule has 0 aromatic carbocycles. The van der Waals surface area contributed by atoms with Crippen molar-refractivity contribution in [2.24, 2.45) is 0 Å². The molecule has 1 unspecified atom stereocenters. The van der Waals surface area contributed by atoms with Crippen molar-refractivity contribution in [3.05, 3.63) is 0 Å². The molecule has 8 nitrogen and oxygen atoms in total. The molecule has 0 aliphatic carbocycles. The van der Waals surface area contributed by atoms with Crippen molar-refractivity contribution in [3.63, 3.8) is 0 Å². The molecule has 33 heavy (non-hydrogen) atoms. The molecule has 0 spiro atoms. The molecule has 0 aromatic heterocycles. The van der Waals surface area contributed by atoms with Crippen LogP contribution < -0.4 is 5.32 Å². The summed E-state index contributed by atoms with van der Waals surface area (Å²) in [5.74, 6) is 1.03. The topological polar surface area (TPSA) is 70.7 Å². The Morgan fingerprint density at radius 2 is 1.21 bits per heavy atom. The fourth-order valence-corrected chi connectivity index (χ4v) is 9.98. The molecule has 1 N–H and O–H groups in total. The van der Waals surface area contributed by atoms with Crippen molar-refractivity contribution in [1.29, 1.82) is 0 Å². The standard InChI is InChI=1S/C22H52N2O6SSi2/c1-10-24(11-2)22(31-15-6,18-16-20-32(25-7,26-8)27-9)23-19-17-21-33(28-12-3,29-13-4)30-14-5/h23H,10-21H2,1-9H3. The number of nitrogens with one attached hydrogen (secondary N) is 1. The minimum Gasteiger partial charge on any atom is -0.377 e. The molecule has 0 saturated heterocycles. The highest BCUT2D eigenvalue weighted by molar-refractivity contribution is 8.00. The Kier molecular flexibility index (Phi) is 19.0. The maximum atomic E-state index is 6.03. The van der Waals surface area contributed by atoms with Crippen LogP contribution in [0, 0.1) is 0 Å². The van der Waals surface area contributed by atoms with E-state index in [1.807, 2.05) is 32.5 Å². The van der Waals surface area contributed by atoms with Crippen LogP contribution in [0.15, 0.2) is 0 Å². The summed E-state index contributed by atoms with van der Waals surface area (Å²) in [6, 6.07) is 1.61. The van der Waals surface area contributed by atoms with Crippen molar-refractivity contribution in [2.45, 2.75) is 77.9 Å². The average molecular weight is 529 g/mol. The molecule has 1 atom stereocenters. The number of thioether (sulfide) groups is 1. The zero-order valence-electron chi connectivity index (χ0n) is 22.8. The predicted octanol–water partition coefficient (Wildman–Crippen LogP) is 4.42. The van der Waals surface area contributed by atoms with Gasteiger partial charge in [-0.05, 0) is 65.4 Å². The third-order valence-corrected chi connectivity index (χ3v) is 13.1. The number of rotatable bonds is 23. The molecule has 0 aromatic rings. The third-order valence-electron chi connectivity index (χ3n) is 5.74. The second kappa shape index (κ2) is 18.7. The molecule has 0 rings (SSSR count). The Morgan fingerprint density at radius 3 is 1.61 bits per heavy atom. The lowest BCUT2D eigenvalue weighted by atomic mass is 10.2. The first-order chi connectivity index (χ1) is 15.9. The van der Waals surface area contributed by atoms with E-state index in [0.717, 1.165) is 56.7 Å². The minimum atomic E-state index is -2.62. The largest absolute Gasteiger partial charge is 0.500 e. The molecule has 0 aliphatic rings. The molecule has 200 valence electrons. The van der Waals surface area contributed by atoms with Gasteiger partial charge in [-0.3, -0.25) is 10.2 Å². The maximum absolute atomic E-state index is 6.03. The van der Waals surface area contributed by atoms with E-state index in [1.54, 1.807) is 21.3 Å². The monoisotopic (exact) mass is 528 g/mol. The zero-order chi connectivity index (χ0) is 25.2. The fourth-order valence-electron chi connectivity index (χ4n) is 4.24. The van der Waals surface area contributed by atoms with Crippen molar-refractivity contribution in [3.8, 4) is 0 Å². The van der Waals surface area contributed by atoms with Gasteiger partial charge in [0.25, 0.3) is 0 Å². The Hall–Kier alpha value is 0.464. The van der Waals surface area contributed by atoms with E-state index < -0.39 is 17.6 Å². The summed E-state index contributed by atoms with van der Waals surface area (Å²) in [7, 11) is -0.164. The highest BCUT2D eigenvalue weighted by Gasteiger charge is 2.42. The van der Waals surface area contributed by atoms with Gasteiger partial charge in [0.2, 0.25) is 0 Å². The molecule has 0 bridgehead atoms. The summed E-state index contributed by atoms with van der Waals surface area (Å²) in [6.07, 6.45) is 2.86. The first kappa shape index (κ1) is 33.5. The van der Waals surface area contributed by atoms with E-state index in [4.69, 9.17) is 26.6 Å². The van der Waals surface area contributed by atoms with E-state index in [9.17, 15) is 0 Å². The lowest BCUT2D eigenvalue weighted by molar-refractivity contribution is 0.0700. The van der Waals surface area contributed by atoms with Gasteiger partial charge in [0.05, 0.1) is 0 Å². The van der Waals surface area contributed by atoms with Crippen LogP contribution >= 0.6 is 11.8 Å². The van der Waals surface area contributed by atoms with Crippen LogP contribution in [-0.4, -0.2) is 94.0 Å². The van der Waals surface area contributed by atoms with E-state index in [2.05, 4.69) is 31.0 Å². The van der Waals surface area contributed by atoms with Gasteiger partial charge in [0.1, 0.15) is 4.99 Å². The van der Waals surface area contributed by atoms with Gasteiger partial charge < -0.3 is 26.6 Å². The quantitative estimate of drug-likeness (QED) is 0.118. The molecule has 0 heterocycles. The molecule has 0 saturated carbocycles. The summed E-state index contributed by atoms with van der Waals surface area (Å²) < 4.78 is 35.0. The zero-order valence-corrected chi connectivity index (χ0v) is 25.6. The van der Waals surface area contributed by atoms with Crippen LogP contribution in [0.25, 0.3) is 0 Å². The van der Waals surface area contributed by atoms with Gasteiger partial charge in [0.15, 0.2) is 0 Å². The maximum Gasteiger partial charge on any atom is 0.500 e. The van der Waals surface area contributed by atoms with Crippen LogP contribution in [0.5, 0.6) is 0 Å². The van der Waals surface area contributed by atoms with Gasteiger partial charge >= 0.3 is 17.6 Å². The second-order valence-corrected chi connectivity index (χ2v) is 14.9. The molecule has 0 amide bonds. The molecular weight excluding hydrogens is 476 g/mol. The van der Waals surface area contributed by atoms with Crippen molar-refractivity contribution in [2.75, 3.05) is 66.5 Å². The molecule has 0 aliphatic heterocycles. The summed E-state index contributed by atoms with van der Waals surface area (Å²) >= 11 is 1.97. The highest BCUT2D eigenvalue weighted by atomic mass is 32.2. The predicted molar refractivity (Wildman–Crippen MR) is 143 cm³/mol. The normalized spacial score (nSPS) is 14.7. The molecule has 0 radical (unpaired) electrons. The van der Waals surface area contributed by atoms with Crippen LogP contribution in [0.3, 0.4) is 0 Å². The van der Waals surface area contributed by atoms with Gasteiger partial charge in [-0.25, -0.2) is 0 Å².